The fourth-order valence-electron chi connectivity index (χ4n) is 11.6. The summed E-state index contributed by atoms with van der Waals surface area (Å²) in [4.78, 5) is 51.7. The van der Waals surface area contributed by atoms with Gasteiger partial charge in [0.15, 0.2) is 0 Å². The molecule has 4 rings (SSSR count). The Morgan fingerprint density at radius 1 is 0.685 bits per heavy atom. The summed E-state index contributed by atoms with van der Waals surface area (Å²) in [5.41, 5.74) is 16.8. The Kier molecular flexibility index (Phi) is 17.6. The number of unbranched alkanes of at least 4 members (excludes halogenated alkanes) is 7. The van der Waals surface area contributed by atoms with Crippen LogP contribution in [0, 0.1) is 46.3 Å². The topological polar surface area (TPSA) is 183 Å². The maximum absolute atomic E-state index is 13.3. The van der Waals surface area contributed by atoms with Gasteiger partial charge in [-0.05, 0) is 92.8 Å². The molecule has 4 fully saturated rings. The first-order valence-corrected chi connectivity index (χ1v) is 21.8. The van der Waals surface area contributed by atoms with Gasteiger partial charge in [-0.2, -0.15) is 0 Å². The second kappa shape index (κ2) is 21.3. The van der Waals surface area contributed by atoms with E-state index in [4.69, 9.17) is 36.1 Å². The second-order valence-electron chi connectivity index (χ2n) is 17.7. The molecule has 4 aliphatic rings. The van der Waals surface area contributed by atoms with E-state index in [1.165, 1.54) is 38.5 Å². The van der Waals surface area contributed by atoms with E-state index in [0.29, 0.717) is 38.7 Å². The number of carbonyl (C=O) groups excluding carboxylic acids is 4. The Bertz CT molecular complexity index is 1220. The summed E-state index contributed by atoms with van der Waals surface area (Å²) in [6.07, 6.45) is 15.9. The summed E-state index contributed by atoms with van der Waals surface area (Å²) in [6.45, 7) is 10.3. The third-order valence-electron chi connectivity index (χ3n) is 14.4. The van der Waals surface area contributed by atoms with Crippen LogP contribution in [0.2, 0.25) is 0 Å². The molecule has 0 aromatic rings. The van der Waals surface area contributed by atoms with Crippen LogP contribution in [-0.2, 0) is 38.1 Å². The molecule has 0 bridgehead atoms. The first-order chi connectivity index (χ1) is 25.9. The lowest BCUT2D eigenvalue weighted by Gasteiger charge is -2.64. The predicted molar refractivity (Wildman–Crippen MR) is 209 cm³/mol. The third kappa shape index (κ3) is 11.0. The van der Waals surface area contributed by atoms with Crippen molar-refractivity contribution in [2.75, 3.05) is 26.2 Å². The van der Waals surface area contributed by atoms with Gasteiger partial charge in [-0.3, -0.25) is 19.2 Å². The zero-order valence-corrected chi connectivity index (χ0v) is 34.2. The SMILES string of the molecule is CCCCCCCCCCOC(=O)CC[C@@H](C)[C@H]1CC[C@H]2[C@@H]3[C@H](OC(=O)CCN)C[C@@H]4C[C@H](OC(=O)CCN)CCC4(C)[C@H]3C[C@H](OC(=O)CCN)[C@]12C. The van der Waals surface area contributed by atoms with Gasteiger partial charge in [-0.25, -0.2) is 0 Å². The molecule has 54 heavy (non-hydrogen) atoms. The molecular weight excluding hydrogens is 686 g/mol. The van der Waals surface area contributed by atoms with Crippen LogP contribution in [-0.4, -0.2) is 68.4 Å². The van der Waals surface area contributed by atoms with Gasteiger partial charge in [0.25, 0.3) is 0 Å². The number of ether oxygens (including phenoxy) is 4. The lowest BCUT2D eigenvalue weighted by molar-refractivity contribution is -0.225. The maximum Gasteiger partial charge on any atom is 0.307 e. The van der Waals surface area contributed by atoms with Crippen LogP contribution in [0.1, 0.15) is 156 Å². The summed E-state index contributed by atoms with van der Waals surface area (Å²) < 4.78 is 24.4. The van der Waals surface area contributed by atoms with Crippen molar-refractivity contribution in [1.82, 2.24) is 0 Å². The van der Waals surface area contributed by atoms with Gasteiger partial charge in [0, 0.05) is 37.4 Å². The van der Waals surface area contributed by atoms with Crippen molar-refractivity contribution in [2.24, 2.45) is 63.5 Å². The first-order valence-electron chi connectivity index (χ1n) is 21.8. The number of nitrogens with two attached hydrogens (primary N) is 3. The molecule has 11 heteroatoms. The smallest absolute Gasteiger partial charge is 0.307 e. The minimum atomic E-state index is -0.372. The molecule has 4 aliphatic carbocycles. The lowest BCUT2D eigenvalue weighted by Crippen LogP contribution is -2.63. The Hall–Kier alpha value is -2.24. The largest absolute Gasteiger partial charge is 0.466 e. The fourth-order valence-corrected chi connectivity index (χ4v) is 11.6. The third-order valence-corrected chi connectivity index (χ3v) is 14.4. The predicted octanol–water partition coefficient (Wildman–Crippen LogP) is 6.75. The van der Waals surface area contributed by atoms with Gasteiger partial charge >= 0.3 is 23.9 Å². The van der Waals surface area contributed by atoms with Crippen LogP contribution < -0.4 is 17.2 Å². The normalized spacial score (nSPS) is 33.5. The molecule has 4 saturated carbocycles. The number of hydrogen-bond acceptors (Lipinski definition) is 11. The quantitative estimate of drug-likeness (QED) is 0.0603. The van der Waals surface area contributed by atoms with E-state index in [2.05, 4.69) is 27.7 Å². The van der Waals surface area contributed by atoms with E-state index in [1.807, 2.05) is 0 Å². The molecule has 0 aromatic heterocycles. The average molecular weight is 762 g/mol. The van der Waals surface area contributed by atoms with Gasteiger partial charge in [0.05, 0.1) is 25.9 Å². The summed E-state index contributed by atoms with van der Waals surface area (Å²) in [5.74, 6) is -0.000836. The molecular formula is C43H75N3O8. The highest BCUT2D eigenvalue weighted by Gasteiger charge is 2.67. The molecule has 0 aromatic carbocycles. The van der Waals surface area contributed by atoms with Crippen LogP contribution in [0.3, 0.4) is 0 Å². The van der Waals surface area contributed by atoms with Crippen molar-refractivity contribution in [1.29, 1.82) is 0 Å². The van der Waals surface area contributed by atoms with Crippen molar-refractivity contribution >= 4 is 23.9 Å². The molecule has 0 heterocycles. The molecule has 0 radical (unpaired) electrons. The minimum Gasteiger partial charge on any atom is -0.466 e. The number of hydrogen-bond donors (Lipinski definition) is 3. The van der Waals surface area contributed by atoms with Gasteiger partial charge in [0.2, 0.25) is 0 Å². The number of esters is 4. The van der Waals surface area contributed by atoms with Gasteiger partial charge in [-0.1, -0.05) is 72.6 Å². The zero-order valence-electron chi connectivity index (χ0n) is 34.2. The van der Waals surface area contributed by atoms with Crippen LogP contribution >= 0.6 is 0 Å². The van der Waals surface area contributed by atoms with E-state index in [-0.39, 0.29) is 127 Å². The highest BCUT2D eigenvalue weighted by Crippen LogP contribution is 2.69. The van der Waals surface area contributed by atoms with Crippen LogP contribution in [0.5, 0.6) is 0 Å². The second-order valence-corrected chi connectivity index (χ2v) is 17.7. The molecule has 0 saturated heterocycles. The maximum atomic E-state index is 13.3. The van der Waals surface area contributed by atoms with Crippen LogP contribution in [0.4, 0.5) is 0 Å². The van der Waals surface area contributed by atoms with E-state index in [9.17, 15) is 19.2 Å². The van der Waals surface area contributed by atoms with E-state index in [0.717, 1.165) is 38.5 Å². The molecule has 11 nitrogen and oxygen atoms in total. The standard InChI is InChI=1S/C43H75N3O8/c1-5-6-7-8-9-10-11-12-25-51-37(47)16-13-29(2)32-14-15-33-41-34(28-36(43(32,33)4)54-40(50)20-24-46)42(3)21-17-31(52-38(48)18-22-44)26-30(42)27-35(41)53-39(49)19-23-45/h29-36,41H,5-28,44-46H2,1-4H3/t29-,30+,31-,32-,33+,34+,35-,36+,41+,42?,43-/m1/s1. The molecule has 0 aliphatic heterocycles. The van der Waals surface area contributed by atoms with Crippen molar-refractivity contribution in [2.45, 2.75) is 174 Å². The van der Waals surface area contributed by atoms with Gasteiger partial charge < -0.3 is 36.1 Å². The Labute approximate surface area is 325 Å². The molecule has 11 atom stereocenters. The van der Waals surface area contributed by atoms with Crippen molar-refractivity contribution < 1.29 is 38.1 Å². The van der Waals surface area contributed by atoms with Crippen molar-refractivity contribution in [3.8, 4) is 0 Å². The van der Waals surface area contributed by atoms with Gasteiger partial charge in [-0.15, -0.1) is 0 Å². The summed E-state index contributed by atoms with van der Waals surface area (Å²) in [7, 11) is 0. The molecule has 0 spiro atoms. The van der Waals surface area contributed by atoms with Gasteiger partial charge in [0.1, 0.15) is 18.3 Å². The first kappa shape index (κ1) is 44.5. The Balaban J connectivity index is 1.50. The van der Waals surface area contributed by atoms with Crippen molar-refractivity contribution in [3.63, 3.8) is 0 Å². The highest BCUT2D eigenvalue weighted by atomic mass is 16.6. The fraction of sp³-hybridized carbons (Fsp3) is 0.907. The summed E-state index contributed by atoms with van der Waals surface area (Å²) in [5, 5.41) is 0. The van der Waals surface area contributed by atoms with Crippen LogP contribution in [0.25, 0.3) is 0 Å². The highest BCUT2D eigenvalue weighted by molar-refractivity contribution is 5.71. The lowest BCUT2D eigenvalue weighted by atomic mass is 9.43. The average Bonchev–Trinajstić information content (AvgIpc) is 3.49. The van der Waals surface area contributed by atoms with Crippen molar-refractivity contribution in [3.05, 3.63) is 0 Å². The Morgan fingerprint density at radius 3 is 1.94 bits per heavy atom. The number of carbonyl (C=O) groups is 4. The van der Waals surface area contributed by atoms with Crippen LogP contribution in [0.15, 0.2) is 0 Å². The molecule has 6 N–H and O–H groups in total. The van der Waals surface area contributed by atoms with E-state index >= 15 is 0 Å². The van der Waals surface area contributed by atoms with E-state index < -0.39 is 0 Å². The molecule has 1 unspecified atom stereocenters. The number of rotatable bonds is 22. The summed E-state index contributed by atoms with van der Waals surface area (Å²) in [6, 6.07) is 0. The Morgan fingerprint density at radius 2 is 1.30 bits per heavy atom. The zero-order chi connectivity index (χ0) is 39.3. The minimum absolute atomic E-state index is 0.0904. The molecule has 310 valence electrons. The monoisotopic (exact) mass is 762 g/mol. The molecule has 0 amide bonds. The number of fused-ring (bicyclic) bond motifs is 5. The van der Waals surface area contributed by atoms with E-state index in [1.54, 1.807) is 0 Å². The summed E-state index contributed by atoms with van der Waals surface area (Å²) >= 11 is 0.